The molecule has 0 atom stereocenters. The summed E-state index contributed by atoms with van der Waals surface area (Å²) in [5, 5.41) is 1.98. The van der Waals surface area contributed by atoms with Crippen LogP contribution in [0.5, 0.6) is 0 Å². The lowest BCUT2D eigenvalue weighted by molar-refractivity contribution is -0.302. The molecular weight excluding hydrogens is 552 g/mol. The summed E-state index contributed by atoms with van der Waals surface area (Å²) in [5.74, 6) is -15.5. The standard InChI is InChI=1S/C34H21F6NO/c1-18-14-20(21-11-13-27-28(15-21)33(37,38)34(39,40)32(27,35)36)10-12-22(18)26-16-29(41-17-19(26)2)25-8-5-7-24-23-6-3-4-9-30(23)42-31(24)25/h3-17H,1-2H3. The van der Waals surface area contributed by atoms with Crippen LogP contribution in [0, 0.1) is 13.8 Å². The van der Waals surface area contributed by atoms with Crippen molar-refractivity contribution in [1.82, 2.24) is 4.98 Å². The molecule has 0 radical (unpaired) electrons. The fourth-order valence-corrected chi connectivity index (χ4v) is 5.85. The molecule has 8 heteroatoms. The molecule has 7 rings (SSSR count). The Morgan fingerprint density at radius 2 is 1.29 bits per heavy atom. The second-order valence-corrected chi connectivity index (χ2v) is 10.7. The number of rotatable bonds is 3. The van der Waals surface area contributed by atoms with Crippen molar-refractivity contribution < 1.29 is 30.8 Å². The quantitative estimate of drug-likeness (QED) is 0.197. The summed E-state index contributed by atoms with van der Waals surface area (Å²) >= 11 is 0. The van der Waals surface area contributed by atoms with Gasteiger partial charge in [0.2, 0.25) is 0 Å². The summed E-state index contributed by atoms with van der Waals surface area (Å²) in [5.41, 5.74) is 4.29. The lowest BCUT2D eigenvalue weighted by Crippen LogP contribution is -2.43. The maximum Gasteiger partial charge on any atom is 0.380 e. The van der Waals surface area contributed by atoms with Gasteiger partial charge in [-0.3, -0.25) is 4.98 Å². The van der Waals surface area contributed by atoms with E-state index >= 15 is 0 Å². The van der Waals surface area contributed by atoms with Crippen LogP contribution in [0.3, 0.4) is 0 Å². The van der Waals surface area contributed by atoms with Crippen molar-refractivity contribution in [3.63, 3.8) is 0 Å². The minimum Gasteiger partial charge on any atom is -0.455 e. The average molecular weight is 574 g/mol. The summed E-state index contributed by atoms with van der Waals surface area (Å²) in [6, 6.07) is 23.4. The molecule has 2 aromatic heterocycles. The van der Waals surface area contributed by atoms with Gasteiger partial charge >= 0.3 is 17.8 Å². The van der Waals surface area contributed by atoms with E-state index in [0.717, 1.165) is 55.8 Å². The Kier molecular flexibility index (Phi) is 5.46. The van der Waals surface area contributed by atoms with E-state index in [1.807, 2.05) is 62.4 Å². The van der Waals surface area contributed by atoms with Gasteiger partial charge in [-0.15, -0.1) is 0 Å². The summed E-state index contributed by atoms with van der Waals surface area (Å²) in [4.78, 5) is 4.67. The number of fused-ring (bicyclic) bond motifs is 4. The van der Waals surface area contributed by atoms with Crippen molar-refractivity contribution in [1.29, 1.82) is 0 Å². The first-order chi connectivity index (χ1) is 19.9. The van der Waals surface area contributed by atoms with Crippen molar-refractivity contribution in [2.75, 3.05) is 0 Å². The SMILES string of the molecule is Cc1cc(-c2ccc3c(c2)C(F)(F)C(F)(F)C3(F)F)ccc1-c1cc(-c2cccc3c2oc2ccccc23)ncc1C. The highest BCUT2D eigenvalue weighted by molar-refractivity contribution is 6.09. The summed E-state index contributed by atoms with van der Waals surface area (Å²) in [7, 11) is 0. The summed E-state index contributed by atoms with van der Waals surface area (Å²) < 4.78 is 91.2. The van der Waals surface area contributed by atoms with Gasteiger partial charge in [-0.25, -0.2) is 0 Å². The second-order valence-electron chi connectivity index (χ2n) is 10.7. The first-order valence-electron chi connectivity index (χ1n) is 13.2. The topological polar surface area (TPSA) is 26.0 Å². The van der Waals surface area contributed by atoms with E-state index in [1.165, 1.54) is 6.07 Å². The van der Waals surface area contributed by atoms with Crippen LogP contribution in [0.2, 0.25) is 0 Å². The maximum atomic E-state index is 14.4. The zero-order chi connectivity index (χ0) is 29.6. The van der Waals surface area contributed by atoms with Gasteiger partial charge in [0.1, 0.15) is 11.2 Å². The molecule has 1 aliphatic carbocycles. The van der Waals surface area contributed by atoms with Gasteiger partial charge in [0, 0.05) is 33.7 Å². The lowest BCUT2D eigenvalue weighted by atomic mass is 9.92. The van der Waals surface area contributed by atoms with Crippen molar-refractivity contribution in [2.24, 2.45) is 0 Å². The summed E-state index contributed by atoms with van der Waals surface area (Å²) in [6.45, 7) is 3.76. The number of halogens is 6. The Labute approximate surface area is 236 Å². The Morgan fingerprint density at radius 3 is 2.07 bits per heavy atom. The molecule has 210 valence electrons. The van der Waals surface area contributed by atoms with E-state index in [-0.39, 0.29) is 5.56 Å². The Morgan fingerprint density at radius 1 is 0.595 bits per heavy atom. The molecule has 0 N–H and O–H groups in total. The van der Waals surface area contributed by atoms with Crippen molar-refractivity contribution >= 4 is 21.9 Å². The van der Waals surface area contributed by atoms with Crippen molar-refractivity contribution in [3.05, 3.63) is 113 Å². The third-order valence-electron chi connectivity index (χ3n) is 8.12. The van der Waals surface area contributed by atoms with Crippen LogP contribution in [0.25, 0.3) is 55.4 Å². The van der Waals surface area contributed by atoms with Crippen molar-refractivity contribution in [2.45, 2.75) is 31.6 Å². The number of para-hydroxylation sites is 2. The number of nitrogens with zero attached hydrogens (tertiary/aromatic N) is 1. The molecule has 6 aromatic rings. The number of aryl methyl sites for hydroxylation is 2. The number of alkyl halides is 6. The van der Waals surface area contributed by atoms with Gasteiger partial charge in [0.05, 0.1) is 5.69 Å². The maximum absolute atomic E-state index is 14.4. The van der Waals surface area contributed by atoms with Crippen LogP contribution in [0.15, 0.2) is 95.5 Å². The van der Waals surface area contributed by atoms with E-state index in [2.05, 4.69) is 4.98 Å². The molecule has 0 aliphatic heterocycles. The molecule has 0 fully saturated rings. The van der Waals surface area contributed by atoms with E-state index in [4.69, 9.17) is 4.42 Å². The largest absolute Gasteiger partial charge is 0.455 e. The number of pyridine rings is 1. The zero-order valence-corrected chi connectivity index (χ0v) is 22.3. The first kappa shape index (κ1) is 26.3. The van der Waals surface area contributed by atoms with Crippen LogP contribution >= 0.6 is 0 Å². The predicted octanol–water partition coefficient (Wildman–Crippen LogP) is 10.4. The highest BCUT2D eigenvalue weighted by Crippen LogP contribution is 2.63. The minimum atomic E-state index is -5.51. The molecule has 1 aliphatic rings. The van der Waals surface area contributed by atoms with Crippen LogP contribution in [0.1, 0.15) is 22.3 Å². The number of hydrogen-bond donors (Lipinski definition) is 0. The fourth-order valence-electron chi connectivity index (χ4n) is 5.85. The highest BCUT2D eigenvalue weighted by Gasteiger charge is 2.79. The third-order valence-corrected chi connectivity index (χ3v) is 8.12. The average Bonchev–Trinajstić information content (AvgIpc) is 3.40. The zero-order valence-electron chi connectivity index (χ0n) is 22.3. The van der Waals surface area contributed by atoms with Crippen LogP contribution in [0.4, 0.5) is 26.3 Å². The molecule has 0 bridgehead atoms. The number of furan rings is 1. The molecule has 0 spiro atoms. The Hall–Kier alpha value is -4.59. The normalized spacial score (nSPS) is 16.7. The molecule has 0 saturated heterocycles. The molecule has 4 aromatic carbocycles. The minimum absolute atomic E-state index is 0.139. The molecule has 42 heavy (non-hydrogen) atoms. The Balaban J connectivity index is 1.30. The number of benzene rings is 4. The molecule has 0 amide bonds. The molecule has 0 saturated carbocycles. The van der Waals surface area contributed by atoms with Gasteiger partial charge in [0.25, 0.3) is 0 Å². The molecule has 2 heterocycles. The molecule has 2 nitrogen and oxygen atoms in total. The number of aromatic nitrogens is 1. The highest BCUT2D eigenvalue weighted by atomic mass is 19.3. The van der Waals surface area contributed by atoms with E-state index in [9.17, 15) is 26.3 Å². The predicted molar refractivity (Wildman–Crippen MR) is 150 cm³/mol. The lowest BCUT2D eigenvalue weighted by Gasteiger charge is -2.23. The smallest absolute Gasteiger partial charge is 0.380 e. The van der Waals surface area contributed by atoms with Gasteiger partial charge in [-0.05, 0) is 71.5 Å². The third kappa shape index (κ3) is 3.50. The summed E-state index contributed by atoms with van der Waals surface area (Å²) in [6.07, 6.45) is 1.77. The monoisotopic (exact) mass is 573 g/mol. The van der Waals surface area contributed by atoms with E-state index in [0.29, 0.717) is 17.3 Å². The van der Waals surface area contributed by atoms with Crippen LogP contribution < -0.4 is 0 Å². The van der Waals surface area contributed by atoms with Crippen LogP contribution in [-0.2, 0) is 11.8 Å². The molecular formula is C34H21F6NO. The Bertz CT molecular complexity index is 2060. The van der Waals surface area contributed by atoms with Gasteiger partial charge in [-0.2, -0.15) is 26.3 Å². The number of hydrogen-bond acceptors (Lipinski definition) is 2. The van der Waals surface area contributed by atoms with Gasteiger partial charge < -0.3 is 4.42 Å². The molecule has 0 unspecified atom stereocenters. The fraction of sp³-hybridized carbons (Fsp3) is 0.147. The first-order valence-corrected chi connectivity index (χ1v) is 13.2. The van der Waals surface area contributed by atoms with Crippen LogP contribution in [-0.4, -0.2) is 10.9 Å². The van der Waals surface area contributed by atoms with E-state index < -0.39 is 28.9 Å². The van der Waals surface area contributed by atoms with Gasteiger partial charge in [-0.1, -0.05) is 60.7 Å². The van der Waals surface area contributed by atoms with Crippen molar-refractivity contribution in [3.8, 4) is 33.5 Å². The van der Waals surface area contributed by atoms with Gasteiger partial charge in [0.15, 0.2) is 0 Å². The second kappa shape index (κ2) is 8.71. The van der Waals surface area contributed by atoms with E-state index in [1.54, 1.807) is 24.4 Å².